The molecule has 136 valence electrons. The molecule has 8 heteroatoms. The van der Waals surface area contributed by atoms with Crippen LogP contribution in [0, 0.1) is 12.3 Å². The Kier molecular flexibility index (Phi) is 3.85. The van der Waals surface area contributed by atoms with E-state index in [0.29, 0.717) is 28.5 Å². The van der Waals surface area contributed by atoms with E-state index in [1.165, 1.54) is 4.57 Å². The molecule has 1 aromatic carbocycles. The van der Waals surface area contributed by atoms with E-state index in [1.54, 1.807) is 24.7 Å². The van der Waals surface area contributed by atoms with Gasteiger partial charge in [0.15, 0.2) is 22.7 Å². The standard InChI is InChI=1S/C19H16N4O4/c1-4-9-23-18(24)16-17(22(3)19(23)25)20-15(21(16)2)8-6-12-5-7-13-14(10-12)27-11-26-13/h1,5-8,10H,9,11H2,2-3H3/b8-6+. The smallest absolute Gasteiger partial charge is 0.333 e. The van der Waals surface area contributed by atoms with Crippen LogP contribution >= 0.6 is 0 Å². The summed E-state index contributed by atoms with van der Waals surface area (Å²) >= 11 is 0. The zero-order valence-electron chi connectivity index (χ0n) is 14.8. The Balaban J connectivity index is 1.82. The summed E-state index contributed by atoms with van der Waals surface area (Å²) in [5.74, 6) is 4.26. The van der Waals surface area contributed by atoms with Crippen molar-refractivity contribution in [1.29, 1.82) is 0 Å². The van der Waals surface area contributed by atoms with E-state index in [4.69, 9.17) is 15.9 Å². The van der Waals surface area contributed by atoms with Gasteiger partial charge in [0, 0.05) is 14.1 Å². The van der Waals surface area contributed by atoms with Crippen molar-refractivity contribution in [2.75, 3.05) is 6.79 Å². The second-order valence-corrected chi connectivity index (χ2v) is 6.08. The summed E-state index contributed by atoms with van der Waals surface area (Å²) < 4.78 is 14.7. The molecule has 0 N–H and O–H groups in total. The first-order valence-corrected chi connectivity index (χ1v) is 8.18. The molecule has 4 rings (SSSR count). The summed E-state index contributed by atoms with van der Waals surface area (Å²) in [6, 6.07) is 5.58. The van der Waals surface area contributed by atoms with Crippen LogP contribution < -0.4 is 20.7 Å². The van der Waals surface area contributed by atoms with Crippen LogP contribution in [-0.2, 0) is 20.6 Å². The number of rotatable bonds is 3. The zero-order valence-corrected chi connectivity index (χ0v) is 14.8. The SMILES string of the molecule is C#CCn1c(=O)c2c(nc(/C=C/c3ccc4c(c3)OCO4)n2C)n(C)c1=O. The van der Waals surface area contributed by atoms with E-state index >= 15 is 0 Å². The monoisotopic (exact) mass is 364 g/mol. The first-order valence-electron chi connectivity index (χ1n) is 8.18. The molecular formula is C19H16N4O4. The highest BCUT2D eigenvalue weighted by atomic mass is 16.7. The van der Waals surface area contributed by atoms with E-state index in [0.717, 1.165) is 10.1 Å². The number of terminal acetylenes is 1. The molecule has 1 aliphatic rings. The molecule has 0 radical (unpaired) electrons. The summed E-state index contributed by atoms with van der Waals surface area (Å²) in [7, 11) is 3.29. The molecule has 0 saturated heterocycles. The molecule has 27 heavy (non-hydrogen) atoms. The molecule has 3 heterocycles. The second kappa shape index (κ2) is 6.21. The maximum atomic E-state index is 12.7. The van der Waals surface area contributed by atoms with Crippen molar-refractivity contribution < 1.29 is 9.47 Å². The van der Waals surface area contributed by atoms with Gasteiger partial charge in [-0.1, -0.05) is 18.1 Å². The van der Waals surface area contributed by atoms with Gasteiger partial charge in [0.25, 0.3) is 5.56 Å². The fraction of sp³-hybridized carbons (Fsp3) is 0.211. The Morgan fingerprint density at radius 2 is 1.96 bits per heavy atom. The highest BCUT2D eigenvalue weighted by molar-refractivity contribution is 5.77. The minimum Gasteiger partial charge on any atom is -0.454 e. The van der Waals surface area contributed by atoms with E-state index in [2.05, 4.69) is 10.9 Å². The predicted molar refractivity (Wildman–Crippen MR) is 101 cm³/mol. The number of hydrogen-bond donors (Lipinski definition) is 0. The van der Waals surface area contributed by atoms with Gasteiger partial charge in [0.05, 0.1) is 6.54 Å². The lowest BCUT2D eigenvalue weighted by Crippen LogP contribution is -2.39. The van der Waals surface area contributed by atoms with Gasteiger partial charge in [-0.25, -0.2) is 14.3 Å². The van der Waals surface area contributed by atoms with Gasteiger partial charge >= 0.3 is 5.69 Å². The van der Waals surface area contributed by atoms with Crippen LogP contribution in [0.2, 0.25) is 0 Å². The van der Waals surface area contributed by atoms with Crippen LogP contribution in [-0.4, -0.2) is 25.5 Å². The second-order valence-electron chi connectivity index (χ2n) is 6.08. The van der Waals surface area contributed by atoms with Crippen LogP contribution in [0.5, 0.6) is 11.5 Å². The summed E-state index contributed by atoms with van der Waals surface area (Å²) in [5.41, 5.74) is 0.576. The van der Waals surface area contributed by atoms with Crippen LogP contribution in [0.15, 0.2) is 27.8 Å². The highest BCUT2D eigenvalue weighted by Gasteiger charge is 2.17. The Hall–Kier alpha value is -3.73. The van der Waals surface area contributed by atoms with Crippen molar-refractivity contribution in [3.8, 4) is 23.8 Å². The van der Waals surface area contributed by atoms with Gasteiger partial charge in [-0.3, -0.25) is 9.36 Å². The normalized spacial score (nSPS) is 12.8. The van der Waals surface area contributed by atoms with Gasteiger partial charge in [0.2, 0.25) is 6.79 Å². The average molecular weight is 364 g/mol. The van der Waals surface area contributed by atoms with E-state index in [-0.39, 0.29) is 13.3 Å². The molecule has 0 aliphatic carbocycles. The third kappa shape index (κ3) is 2.60. The molecule has 1 aliphatic heterocycles. The van der Waals surface area contributed by atoms with Crippen molar-refractivity contribution in [2.24, 2.45) is 14.1 Å². The molecular weight excluding hydrogens is 348 g/mol. The molecule has 8 nitrogen and oxygen atoms in total. The summed E-state index contributed by atoms with van der Waals surface area (Å²) in [6.45, 7) is 0.125. The fourth-order valence-corrected chi connectivity index (χ4v) is 3.03. The minimum atomic E-state index is -0.491. The molecule has 0 spiro atoms. The van der Waals surface area contributed by atoms with Crippen LogP contribution in [0.4, 0.5) is 0 Å². The average Bonchev–Trinajstić information content (AvgIpc) is 3.26. The maximum Gasteiger partial charge on any atom is 0.333 e. The third-order valence-electron chi connectivity index (χ3n) is 4.47. The summed E-state index contributed by atoms with van der Waals surface area (Å²) in [6.07, 6.45) is 8.90. The first kappa shape index (κ1) is 16.7. The number of nitrogens with zero attached hydrogens (tertiary/aromatic N) is 4. The van der Waals surface area contributed by atoms with Crippen LogP contribution in [0.3, 0.4) is 0 Å². The van der Waals surface area contributed by atoms with E-state index in [9.17, 15) is 9.59 Å². The highest BCUT2D eigenvalue weighted by Crippen LogP contribution is 2.32. The number of imidazole rings is 1. The number of hydrogen-bond acceptors (Lipinski definition) is 5. The van der Waals surface area contributed by atoms with Crippen molar-refractivity contribution in [2.45, 2.75) is 6.54 Å². The molecule has 0 saturated carbocycles. The van der Waals surface area contributed by atoms with Gasteiger partial charge in [-0.15, -0.1) is 6.42 Å². The lowest BCUT2D eigenvalue weighted by molar-refractivity contribution is 0.174. The van der Waals surface area contributed by atoms with Gasteiger partial charge < -0.3 is 14.0 Å². The molecule has 0 unspecified atom stereocenters. The zero-order chi connectivity index (χ0) is 19.1. The number of aryl methyl sites for hydroxylation is 2. The summed E-state index contributed by atoms with van der Waals surface area (Å²) in [4.78, 5) is 29.4. The molecule has 0 fully saturated rings. The van der Waals surface area contributed by atoms with Crippen molar-refractivity contribution in [1.82, 2.24) is 18.7 Å². The van der Waals surface area contributed by atoms with Crippen molar-refractivity contribution in [3.63, 3.8) is 0 Å². The summed E-state index contributed by atoms with van der Waals surface area (Å²) in [5, 5.41) is 0. The largest absolute Gasteiger partial charge is 0.454 e. The van der Waals surface area contributed by atoms with Crippen molar-refractivity contribution in [3.05, 3.63) is 50.4 Å². The van der Waals surface area contributed by atoms with Crippen molar-refractivity contribution >= 4 is 23.3 Å². The first-order chi connectivity index (χ1) is 13.0. The Labute approximate surface area is 153 Å². The molecule has 0 bridgehead atoms. The molecule has 3 aromatic rings. The van der Waals surface area contributed by atoms with Crippen LogP contribution in [0.25, 0.3) is 23.3 Å². The third-order valence-corrected chi connectivity index (χ3v) is 4.47. The topological polar surface area (TPSA) is 80.3 Å². The van der Waals surface area contributed by atoms with E-state index in [1.807, 2.05) is 24.3 Å². The molecule has 0 atom stereocenters. The van der Waals surface area contributed by atoms with Gasteiger partial charge in [-0.05, 0) is 23.8 Å². The number of ether oxygens (including phenoxy) is 2. The maximum absolute atomic E-state index is 12.7. The number of benzene rings is 1. The van der Waals surface area contributed by atoms with Gasteiger partial charge in [0.1, 0.15) is 5.82 Å². The minimum absolute atomic E-state index is 0.0883. The lowest BCUT2D eigenvalue weighted by Gasteiger charge is -2.05. The quantitative estimate of drug-likeness (QED) is 0.647. The van der Waals surface area contributed by atoms with Gasteiger partial charge in [-0.2, -0.15) is 0 Å². The number of aromatic nitrogens is 4. The van der Waals surface area contributed by atoms with E-state index < -0.39 is 11.2 Å². The molecule has 2 aromatic heterocycles. The molecule has 0 amide bonds. The predicted octanol–water partition coefficient (Wildman–Crippen LogP) is 0.966. The Bertz CT molecular complexity index is 1250. The number of fused-ring (bicyclic) bond motifs is 2. The van der Waals surface area contributed by atoms with Crippen LogP contribution in [0.1, 0.15) is 11.4 Å². The Morgan fingerprint density at radius 1 is 1.19 bits per heavy atom. The fourth-order valence-electron chi connectivity index (χ4n) is 3.03. The lowest BCUT2D eigenvalue weighted by atomic mass is 10.2. The Morgan fingerprint density at radius 3 is 2.74 bits per heavy atom.